The Kier molecular flexibility index (Phi) is 8.49. The second-order valence-electron chi connectivity index (χ2n) is 9.78. The van der Waals surface area contributed by atoms with Crippen LogP contribution in [0.15, 0.2) is 18.2 Å². The lowest BCUT2D eigenvalue weighted by atomic mass is 9.83. The summed E-state index contributed by atoms with van der Waals surface area (Å²) in [5.74, 6) is 1.55. The number of ether oxygens (including phenoxy) is 1. The molecule has 5 nitrogen and oxygen atoms in total. The van der Waals surface area contributed by atoms with Gasteiger partial charge in [0, 0.05) is 24.2 Å². The molecule has 0 atom stereocenters. The average molecular weight is 462 g/mol. The Balaban J connectivity index is 1.88. The summed E-state index contributed by atoms with van der Waals surface area (Å²) in [7, 11) is 0. The molecule has 2 aromatic rings. The quantitative estimate of drug-likeness (QED) is 0.481. The molecule has 1 N–H and O–H groups in total. The second-order valence-corrected chi connectivity index (χ2v) is 9.78. The zero-order valence-corrected chi connectivity index (χ0v) is 20.5. The first-order valence-electron chi connectivity index (χ1n) is 12.1. The van der Waals surface area contributed by atoms with Crippen LogP contribution in [0.4, 0.5) is 8.78 Å². The van der Waals surface area contributed by atoms with Crippen LogP contribution in [0.3, 0.4) is 0 Å². The molecule has 0 saturated heterocycles. The summed E-state index contributed by atoms with van der Waals surface area (Å²) >= 11 is 0. The summed E-state index contributed by atoms with van der Waals surface area (Å²) in [6.45, 7) is 8.39. The SMILES string of the molecule is CCn1nc(C(=O)NCC2CCC(C)CC2)c(C)c1-c1ccc(CC(C)C)cc1OC(F)F. The molecule has 0 bridgehead atoms. The van der Waals surface area contributed by atoms with Crippen molar-refractivity contribution in [1.29, 1.82) is 0 Å². The van der Waals surface area contributed by atoms with E-state index in [0.29, 0.717) is 47.4 Å². The number of alkyl halides is 2. The molecule has 1 aliphatic rings. The summed E-state index contributed by atoms with van der Waals surface area (Å²) < 4.78 is 33.0. The molecule has 1 aromatic heterocycles. The number of benzene rings is 1. The summed E-state index contributed by atoms with van der Waals surface area (Å²) in [6.07, 6.45) is 5.43. The molecule has 3 rings (SSSR count). The third-order valence-corrected chi connectivity index (χ3v) is 6.55. The highest BCUT2D eigenvalue weighted by Crippen LogP contribution is 2.36. The highest BCUT2D eigenvalue weighted by atomic mass is 19.3. The number of nitrogens with zero attached hydrogens (tertiary/aromatic N) is 2. The molecule has 1 heterocycles. The number of hydrogen-bond donors (Lipinski definition) is 1. The van der Waals surface area contributed by atoms with E-state index in [1.165, 1.54) is 12.8 Å². The molecule has 1 aliphatic carbocycles. The first-order chi connectivity index (χ1) is 15.7. The smallest absolute Gasteiger partial charge is 0.387 e. The lowest BCUT2D eigenvalue weighted by Crippen LogP contribution is -2.31. The maximum atomic E-state index is 13.2. The minimum atomic E-state index is -2.93. The lowest BCUT2D eigenvalue weighted by Gasteiger charge is -2.26. The van der Waals surface area contributed by atoms with Crippen molar-refractivity contribution in [3.8, 4) is 17.0 Å². The molecule has 0 radical (unpaired) electrons. The van der Waals surface area contributed by atoms with Gasteiger partial charge in [-0.2, -0.15) is 13.9 Å². The zero-order valence-electron chi connectivity index (χ0n) is 20.5. The van der Waals surface area contributed by atoms with Crippen LogP contribution in [-0.4, -0.2) is 28.8 Å². The van der Waals surface area contributed by atoms with E-state index in [9.17, 15) is 13.6 Å². The van der Waals surface area contributed by atoms with E-state index in [1.54, 1.807) is 16.8 Å². The topological polar surface area (TPSA) is 56.2 Å². The van der Waals surface area contributed by atoms with Crippen molar-refractivity contribution in [3.63, 3.8) is 0 Å². The Bertz CT molecular complexity index is 947. The van der Waals surface area contributed by atoms with Gasteiger partial charge < -0.3 is 10.1 Å². The number of nitrogens with one attached hydrogen (secondary N) is 1. The van der Waals surface area contributed by atoms with Gasteiger partial charge in [-0.1, -0.05) is 39.7 Å². The van der Waals surface area contributed by atoms with Gasteiger partial charge in [-0.15, -0.1) is 0 Å². The minimum absolute atomic E-state index is 0.115. The first-order valence-corrected chi connectivity index (χ1v) is 12.1. The van der Waals surface area contributed by atoms with Gasteiger partial charge in [0.2, 0.25) is 0 Å². The van der Waals surface area contributed by atoms with Crippen LogP contribution in [0, 0.1) is 24.7 Å². The molecule has 1 saturated carbocycles. The van der Waals surface area contributed by atoms with Crippen molar-refractivity contribution < 1.29 is 18.3 Å². The number of carbonyl (C=O) groups is 1. The first kappa shape index (κ1) is 25.2. The van der Waals surface area contributed by atoms with Gasteiger partial charge in [-0.05, 0) is 68.6 Å². The standard InChI is InChI=1S/C26H37F2N3O2/c1-6-31-24(21-12-11-20(13-16(2)3)14-22(21)33-26(27)28)18(5)23(30-31)25(32)29-15-19-9-7-17(4)8-10-19/h11-12,14,16-17,19,26H,6-10,13,15H2,1-5H3,(H,29,32). The van der Waals surface area contributed by atoms with Crippen LogP contribution in [0.25, 0.3) is 11.3 Å². The van der Waals surface area contributed by atoms with E-state index in [1.807, 2.05) is 19.9 Å². The van der Waals surface area contributed by atoms with E-state index >= 15 is 0 Å². The average Bonchev–Trinajstić information content (AvgIpc) is 3.09. The van der Waals surface area contributed by atoms with Crippen molar-refractivity contribution in [3.05, 3.63) is 35.0 Å². The van der Waals surface area contributed by atoms with E-state index in [-0.39, 0.29) is 11.7 Å². The monoisotopic (exact) mass is 461 g/mol. The number of carbonyl (C=O) groups excluding carboxylic acids is 1. The van der Waals surface area contributed by atoms with E-state index in [0.717, 1.165) is 30.7 Å². The molecule has 7 heteroatoms. The number of hydrogen-bond acceptors (Lipinski definition) is 3. The molecule has 0 spiro atoms. The Hall–Kier alpha value is -2.44. The van der Waals surface area contributed by atoms with Crippen LogP contribution in [0.2, 0.25) is 0 Å². The molecular weight excluding hydrogens is 424 g/mol. The molecule has 0 unspecified atom stereocenters. The Morgan fingerprint density at radius 3 is 2.55 bits per heavy atom. The van der Waals surface area contributed by atoms with Crippen molar-refractivity contribution >= 4 is 5.91 Å². The molecule has 1 aromatic carbocycles. The van der Waals surface area contributed by atoms with Crippen LogP contribution in [-0.2, 0) is 13.0 Å². The Labute approximate surface area is 195 Å². The van der Waals surface area contributed by atoms with Gasteiger partial charge in [-0.3, -0.25) is 9.48 Å². The predicted octanol–water partition coefficient (Wildman–Crippen LogP) is 6.23. The van der Waals surface area contributed by atoms with Crippen LogP contribution < -0.4 is 10.1 Å². The van der Waals surface area contributed by atoms with E-state index in [4.69, 9.17) is 4.74 Å². The van der Waals surface area contributed by atoms with Gasteiger partial charge >= 0.3 is 6.61 Å². The number of halogens is 2. The van der Waals surface area contributed by atoms with Gasteiger partial charge in [0.15, 0.2) is 5.69 Å². The van der Waals surface area contributed by atoms with Gasteiger partial charge in [0.05, 0.1) is 5.69 Å². The minimum Gasteiger partial charge on any atom is -0.434 e. The highest BCUT2D eigenvalue weighted by Gasteiger charge is 2.25. The maximum Gasteiger partial charge on any atom is 0.387 e. The fourth-order valence-corrected chi connectivity index (χ4v) is 4.75. The fraction of sp³-hybridized carbons (Fsp3) is 0.615. The van der Waals surface area contributed by atoms with E-state index < -0.39 is 6.61 Å². The number of aryl methyl sites for hydroxylation is 1. The molecule has 1 amide bonds. The number of aromatic nitrogens is 2. The predicted molar refractivity (Wildman–Crippen MR) is 127 cm³/mol. The third-order valence-electron chi connectivity index (χ3n) is 6.55. The molecule has 0 aliphatic heterocycles. The lowest BCUT2D eigenvalue weighted by molar-refractivity contribution is -0.0495. The highest BCUT2D eigenvalue weighted by molar-refractivity contribution is 5.95. The number of amides is 1. The van der Waals surface area contributed by atoms with Crippen LogP contribution >= 0.6 is 0 Å². The maximum absolute atomic E-state index is 13.2. The van der Waals surface area contributed by atoms with Crippen molar-refractivity contribution in [1.82, 2.24) is 15.1 Å². The molecule has 33 heavy (non-hydrogen) atoms. The fourth-order valence-electron chi connectivity index (χ4n) is 4.75. The summed E-state index contributed by atoms with van der Waals surface area (Å²) in [5, 5.41) is 7.58. The molecule has 182 valence electrons. The zero-order chi connectivity index (χ0) is 24.1. The Morgan fingerprint density at radius 2 is 1.94 bits per heavy atom. The van der Waals surface area contributed by atoms with Crippen molar-refractivity contribution in [2.45, 2.75) is 79.9 Å². The molecular formula is C26H37F2N3O2. The Morgan fingerprint density at radius 1 is 1.24 bits per heavy atom. The van der Waals surface area contributed by atoms with Crippen LogP contribution in [0.5, 0.6) is 5.75 Å². The summed E-state index contributed by atoms with van der Waals surface area (Å²) in [5.41, 5.74) is 3.10. The second kappa shape index (κ2) is 11.1. The van der Waals surface area contributed by atoms with Crippen molar-refractivity contribution in [2.24, 2.45) is 17.8 Å². The summed E-state index contributed by atoms with van der Waals surface area (Å²) in [4.78, 5) is 13.0. The van der Waals surface area contributed by atoms with Crippen molar-refractivity contribution in [2.75, 3.05) is 6.54 Å². The van der Waals surface area contributed by atoms with Gasteiger partial charge in [0.25, 0.3) is 5.91 Å². The van der Waals surface area contributed by atoms with Gasteiger partial charge in [0.1, 0.15) is 5.75 Å². The van der Waals surface area contributed by atoms with E-state index in [2.05, 4.69) is 31.2 Å². The van der Waals surface area contributed by atoms with Gasteiger partial charge in [-0.25, -0.2) is 0 Å². The molecule has 1 fully saturated rings. The number of rotatable bonds is 9. The normalized spacial score (nSPS) is 18.7. The third kappa shape index (κ3) is 6.33. The largest absolute Gasteiger partial charge is 0.434 e. The summed E-state index contributed by atoms with van der Waals surface area (Å²) in [6, 6.07) is 5.41. The van der Waals surface area contributed by atoms with Crippen LogP contribution in [0.1, 0.15) is 75.0 Å².